The molecule has 1 fully saturated rings. The molecule has 0 saturated carbocycles. The summed E-state index contributed by atoms with van der Waals surface area (Å²) in [4.78, 5) is 44.5. The van der Waals surface area contributed by atoms with E-state index in [2.05, 4.69) is 10.3 Å². The predicted molar refractivity (Wildman–Crippen MR) is 109 cm³/mol. The molecular formula is C21H22FN3O3S. The van der Waals surface area contributed by atoms with Crippen LogP contribution in [0, 0.1) is 23.6 Å². The number of nitrogens with one attached hydrogen (secondary N) is 1. The Hall–Kier alpha value is -2.61. The van der Waals surface area contributed by atoms with Crippen molar-refractivity contribution in [3.05, 3.63) is 36.2 Å². The van der Waals surface area contributed by atoms with Crippen LogP contribution in [0.25, 0.3) is 10.2 Å². The van der Waals surface area contributed by atoms with Crippen LogP contribution < -0.4 is 5.32 Å². The molecule has 0 spiro atoms. The van der Waals surface area contributed by atoms with Crippen molar-refractivity contribution in [2.75, 3.05) is 5.32 Å². The molecule has 6 nitrogen and oxygen atoms in total. The smallest absolute Gasteiger partial charge is 0.249 e. The van der Waals surface area contributed by atoms with Crippen molar-refractivity contribution in [3.63, 3.8) is 0 Å². The van der Waals surface area contributed by atoms with Crippen molar-refractivity contribution < 1.29 is 18.8 Å². The molecule has 1 aromatic carbocycles. The van der Waals surface area contributed by atoms with E-state index in [-0.39, 0.29) is 35.4 Å². The molecule has 152 valence electrons. The minimum atomic E-state index is -0.885. The van der Waals surface area contributed by atoms with Gasteiger partial charge in [-0.25, -0.2) is 9.37 Å². The zero-order valence-corrected chi connectivity index (χ0v) is 17.0. The standard InChI is InChI=1S/C21H22FN3O3S/c1-11(2)9-16(25-19(27)13-5-3-4-6-14(13)20(25)28)18(26)24-21-23-15-8-7-12(22)10-17(15)29-21/h3-4,7-8,10-11,13-14,16H,5-6,9H2,1-2H3,(H,23,24,26)/t13-,14+,16-/m1/s1. The lowest BCUT2D eigenvalue weighted by Gasteiger charge is -2.26. The Kier molecular flexibility index (Phi) is 5.21. The van der Waals surface area contributed by atoms with E-state index < -0.39 is 11.9 Å². The average Bonchev–Trinajstić information content (AvgIpc) is 3.18. The predicted octanol–water partition coefficient (Wildman–Crippen LogP) is 3.74. The van der Waals surface area contributed by atoms with E-state index in [9.17, 15) is 18.8 Å². The van der Waals surface area contributed by atoms with Gasteiger partial charge in [0.1, 0.15) is 11.9 Å². The zero-order valence-electron chi connectivity index (χ0n) is 16.2. The van der Waals surface area contributed by atoms with Gasteiger partial charge in [-0.15, -0.1) is 0 Å². The molecule has 8 heteroatoms. The maximum atomic E-state index is 13.4. The molecule has 3 amide bonds. The molecule has 1 N–H and O–H groups in total. The first-order chi connectivity index (χ1) is 13.8. The SMILES string of the molecule is CC(C)C[C@H](C(=O)Nc1nc2ccc(F)cc2s1)N1C(=O)[C@H]2CC=CC[C@H]2C1=O. The topological polar surface area (TPSA) is 79.4 Å². The maximum Gasteiger partial charge on any atom is 0.249 e. The van der Waals surface area contributed by atoms with E-state index in [4.69, 9.17) is 0 Å². The van der Waals surface area contributed by atoms with Gasteiger partial charge in [0.05, 0.1) is 22.1 Å². The molecule has 2 heterocycles. The van der Waals surface area contributed by atoms with Gasteiger partial charge >= 0.3 is 0 Å². The molecular weight excluding hydrogens is 393 g/mol. The monoisotopic (exact) mass is 415 g/mol. The number of benzene rings is 1. The van der Waals surface area contributed by atoms with E-state index in [1.165, 1.54) is 17.0 Å². The first kappa shape index (κ1) is 19.7. The van der Waals surface area contributed by atoms with Crippen LogP contribution in [-0.2, 0) is 14.4 Å². The number of fused-ring (bicyclic) bond motifs is 2. The Labute approximate surface area is 171 Å². The maximum absolute atomic E-state index is 13.4. The lowest BCUT2D eigenvalue weighted by Crippen LogP contribution is -2.48. The molecule has 29 heavy (non-hydrogen) atoms. The minimum Gasteiger partial charge on any atom is -0.300 e. The molecule has 0 bridgehead atoms. The van der Waals surface area contributed by atoms with Gasteiger partial charge in [0.15, 0.2) is 5.13 Å². The second kappa shape index (κ2) is 7.67. The third-order valence-corrected chi connectivity index (χ3v) is 6.36. The fourth-order valence-electron chi connectivity index (χ4n) is 4.05. The summed E-state index contributed by atoms with van der Waals surface area (Å²) < 4.78 is 14.0. The molecule has 0 unspecified atom stereocenters. The lowest BCUT2D eigenvalue weighted by atomic mass is 9.85. The quantitative estimate of drug-likeness (QED) is 0.596. The van der Waals surface area contributed by atoms with Crippen molar-refractivity contribution >= 4 is 44.4 Å². The van der Waals surface area contributed by atoms with Gasteiger partial charge in [-0.1, -0.05) is 37.3 Å². The average molecular weight is 415 g/mol. The van der Waals surface area contributed by atoms with E-state index in [1.54, 1.807) is 6.07 Å². The van der Waals surface area contributed by atoms with Gasteiger partial charge in [0.2, 0.25) is 17.7 Å². The molecule has 0 radical (unpaired) electrons. The molecule has 1 saturated heterocycles. The number of imide groups is 1. The van der Waals surface area contributed by atoms with Gasteiger partial charge in [-0.3, -0.25) is 19.3 Å². The van der Waals surface area contributed by atoms with Crippen LogP contribution in [0.4, 0.5) is 9.52 Å². The van der Waals surface area contributed by atoms with Crippen LogP contribution in [0.5, 0.6) is 0 Å². The lowest BCUT2D eigenvalue weighted by molar-refractivity contribution is -0.147. The number of thiazole rings is 1. The van der Waals surface area contributed by atoms with Gasteiger partial charge in [0.25, 0.3) is 0 Å². The number of carbonyl (C=O) groups excluding carboxylic acids is 3. The summed E-state index contributed by atoms with van der Waals surface area (Å²) in [5, 5.41) is 3.06. The van der Waals surface area contributed by atoms with Crippen molar-refractivity contribution in [1.82, 2.24) is 9.88 Å². The van der Waals surface area contributed by atoms with Gasteiger partial charge < -0.3 is 5.32 Å². The third kappa shape index (κ3) is 3.69. The zero-order chi connectivity index (χ0) is 20.7. The van der Waals surface area contributed by atoms with Gasteiger partial charge in [0, 0.05) is 0 Å². The summed E-state index contributed by atoms with van der Waals surface area (Å²) in [6, 6.07) is 3.34. The number of aromatic nitrogens is 1. The number of carbonyl (C=O) groups is 3. The van der Waals surface area contributed by atoms with Crippen LogP contribution >= 0.6 is 11.3 Å². The summed E-state index contributed by atoms with van der Waals surface area (Å²) in [7, 11) is 0. The van der Waals surface area contributed by atoms with Crippen molar-refractivity contribution in [1.29, 1.82) is 0 Å². The summed E-state index contributed by atoms with van der Waals surface area (Å²) in [6.07, 6.45) is 5.29. The summed E-state index contributed by atoms with van der Waals surface area (Å²) in [5.74, 6) is -1.99. The van der Waals surface area contributed by atoms with E-state index in [0.717, 1.165) is 11.3 Å². The van der Waals surface area contributed by atoms with Crippen LogP contribution in [0.15, 0.2) is 30.4 Å². The largest absolute Gasteiger partial charge is 0.300 e. The molecule has 3 atom stereocenters. The highest BCUT2D eigenvalue weighted by Crippen LogP contribution is 2.37. The Balaban J connectivity index is 1.59. The second-order valence-corrected chi connectivity index (χ2v) is 9.00. The number of hydrogen-bond donors (Lipinski definition) is 1. The highest BCUT2D eigenvalue weighted by Gasteiger charge is 2.51. The van der Waals surface area contributed by atoms with E-state index >= 15 is 0 Å². The highest BCUT2D eigenvalue weighted by atomic mass is 32.1. The Morgan fingerprint density at radius 3 is 2.52 bits per heavy atom. The fourth-order valence-corrected chi connectivity index (χ4v) is 4.94. The Morgan fingerprint density at radius 1 is 1.24 bits per heavy atom. The van der Waals surface area contributed by atoms with Crippen LogP contribution in [0.1, 0.15) is 33.1 Å². The Bertz CT molecular complexity index is 990. The number of likely N-dealkylation sites (tertiary alicyclic amines) is 1. The van der Waals surface area contributed by atoms with Crippen LogP contribution in [0.2, 0.25) is 0 Å². The van der Waals surface area contributed by atoms with Gasteiger partial charge in [-0.05, 0) is 43.4 Å². The molecule has 4 rings (SSSR count). The molecule has 1 aliphatic heterocycles. The molecule has 1 aromatic heterocycles. The number of anilines is 1. The molecule has 2 aromatic rings. The number of hydrogen-bond acceptors (Lipinski definition) is 5. The number of rotatable bonds is 5. The second-order valence-electron chi connectivity index (χ2n) is 7.97. The number of allylic oxidation sites excluding steroid dienone is 2. The van der Waals surface area contributed by atoms with E-state index in [1.807, 2.05) is 26.0 Å². The number of amides is 3. The van der Waals surface area contributed by atoms with Crippen molar-refractivity contribution in [3.8, 4) is 0 Å². The number of nitrogens with zero attached hydrogens (tertiary/aromatic N) is 2. The van der Waals surface area contributed by atoms with Gasteiger partial charge in [-0.2, -0.15) is 0 Å². The van der Waals surface area contributed by atoms with E-state index in [0.29, 0.717) is 34.6 Å². The molecule has 2 aliphatic rings. The summed E-state index contributed by atoms with van der Waals surface area (Å²) in [5.41, 5.74) is 0.581. The summed E-state index contributed by atoms with van der Waals surface area (Å²) >= 11 is 1.16. The van der Waals surface area contributed by atoms with Crippen molar-refractivity contribution in [2.45, 2.75) is 39.2 Å². The van der Waals surface area contributed by atoms with Crippen LogP contribution in [-0.4, -0.2) is 33.6 Å². The minimum absolute atomic E-state index is 0.108. The Morgan fingerprint density at radius 2 is 1.90 bits per heavy atom. The third-order valence-electron chi connectivity index (χ3n) is 5.43. The normalized spacial score (nSPS) is 22.4. The first-order valence-electron chi connectivity index (χ1n) is 9.74. The number of halogens is 1. The molecule has 1 aliphatic carbocycles. The van der Waals surface area contributed by atoms with Crippen LogP contribution in [0.3, 0.4) is 0 Å². The highest BCUT2D eigenvalue weighted by molar-refractivity contribution is 7.22. The van der Waals surface area contributed by atoms with Crippen molar-refractivity contribution in [2.24, 2.45) is 17.8 Å². The first-order valence-corrected chi connectivity index (χ1v) is 10.6. The summed E-state index contributed by atoms with van der Waals surface area (Å²) in [6.45, 7) is 3.89. The fraction of sp³-hybridized carbons (Fsp3) is 0.429.